The molecule has 5 nitrogen and oxygen atoms in total. The van der Waals surface area contributed by atoms with Crippen LogP contribution in [-0.2, 0) is 6.54 Å². The van der Waals surface area contributed by atoms with Crippen LogP contribution in [0.3, 0.4) is 0 Å². The smallest absolute Gasteiger partial charge is 0.337 e. The van der Waals surface area contributed by atoms with Gasteiger partial charge in [-0.25, -0.2) is 9.48 Å². The molecular weight excluding hydrogens is 266 g/mol. The predicted molar refractivity (Wildman–Crippen MR) is 74.4 cm³/mol. The standard InChI is InChI=1S/C13H12ClN3O2/c1-2-17-8-9(7-16-17)6-15-10-3-4-12(14)11(5-10)13(18)19/h2-5,7-8,15H,1,6H2,(H,18,19). The number of rotatable bonds is 5. The summed E-state index contributed by atoms with van der Waals surface area (Å²) in [4.78, 5) is 11.0. The van der Waals surface area contributed by atoms with Crippen molar-refractivity contribution in [1.82, 2.24) is 9.78 Å². The van der Waals surface area contributed by atoms with Gasteiger partial charge in [-0.1, -0.05) is 18.2 Å². The molecule has 0 unspecified atom stereocenters. The van der Waals surface area contributed by atoms with E-state index >= 15 is 0 Å². The highest BCUT2D eigenvalue weighted by atomic mass is 35.5. The van der Waals surface area contributed by atoms with Crippen LogP contribution in [-0.4, -0.2) is 20.9 Å². The molecule has 98 valence electrons. The molecule has 0 amide bonds. The largest absolute Gasteiger partial charge is 0.478 e. The van der Waals surface area contributed by atoms with Gasteiger partial charge in [-0.2, -0.15) is 5.10 Å². The minimum Gasteiger partial charge on any atom is -0.478 e. The number of hydrogen-bond acceptors (Lipinski definition) is 3. The zero-order chi connectivity index (χ0) is 13.8. The molecule has 0 bridgehead atoms. The molecule has 0 radical (unpaired) electrons. The first kappa shape index (κ1) is 13.2. The van der Waals surface area contributed by atoms with Gasteiger partial charge >= 0.3 is 5.97 Å². The van der Waals surface area contributed by atoms with Crippen molar-refractivity contribution in [1.29, 1.82) is 0 Å². The fourth-order valence-corrected chi connectivity index (χ4v) is 1.77. The van der Waals surface area contributed by atoms with E-state index in [2.05, 4.69) is 17.0 Å². The highest BCUT2D eigenvalue weighted by molar-refractivity contribution is 6.33. The van der Waals surface area contributed by atoms with Gasteiger partial charge in [-0.3, -0.25) is 0 Å². The number of benzene rings is 1. The number of halogens is 1. The first-order valence-electron chi connectivity index (χ1n) is 5.52. The summed E-state index contributed by atoms with van der Waals surface area (Å²) >= 11 is 5.80. The summed E-state index contributed by atoms with van der Waals surface area (Å²) in [6.07, 6.45) is 5.13. The minimum atomic E-state index is -1.05. The molecule has 6 heteroatoms. The van der Waals surface area contributed by atoms with E-state index in [4.69, 9.17) is 16.7 Å². The van der Waals surface area contributed by atoms with Gasteiger partial charge in [0.25, 0.3) is 0 Å². The second-order valence-electron chi connectivity index (χ2n) is 3.86. The monoisotopic (exact) mass is 277 g/mol. The second kappa shape index (κ2) is 5.58. The first-order chi connectivity index (χ1) is 9.10. The third-order valence-corrected chi connectivity index (χ3v) is 2.87. The number of aromatic carboxylic acids is 1. The van der Waals surface area contributed by atoms with Gasteiger partial charge in [0.1, 0.15) is 0 Å². The summed E-state index contributed by atoms with van der Waals surface area (Å²) in [5.74, 6) is -1.05. The van der Waals surface area contributed by atoms with Crippen molar-refractivity contribution in [3.05, 3.63) is 53.3 Å². The van der Waals surface area contributed by atoms with Crippen molar-refractivity contribution in [2.24, 2.45) is 0 Å². The van der Waals surface area contributed by atoms with Gasteiger partial charge in [0.05, 0.1) is 16.8 Å². The SMILES string of the molecule is C=Cn1cc(CNc2ccc(Cl)c(C(=O)O)c2)cn1. The van der Waals surface area contributed by atoms with Gasteiger partial charge in [0.2, 0.25) is 0 Å². The maximum atomic E-state index is 11.0. The van der Waals surface area contributed by atoms with E-state index in [1.54, 1.807) is 29.2 Å². The maximum absolute atomic E-state index is 11.0. The van der Waals surface area contributed by atoms with E-state index in [0.717, 1.165) is 5.56 Å². The van der Waals surface area contributed by atoms with Gasteiger partial charge in [-0.15, -0.1) is 0 Å². The molecule has 19 heavy (non-hydrogen) atoms. The Morgan fingerprint density at radius 1 is 1.58 bits per heavy atom. The lowest BCUT2D eigenvalue weighted by Gasteiger charge is -2.06. The molecule has 1 aromatic heterocycles. The molecular formula is C13H12ClN3O2. The lowest BCUT2D eigenvalue weighted by molar-refractivity contribution is 0.0697. The van der Waals surface area contributed by atoms with Crippen molar-refractivity contribution in [2.75, 3.05) is 5.32 Å². The van der Waals surface area contributed by atoms with E-state index in [1.165, 1.54) is 6.07 Å². The summed E-state index contributed by atoms with van der Waals surface area (Å²) < 4.78 is 1.60. The Labute approximate surface area is 115 Å². The number of anilines is 1. The number of nitrogens with one attached hydrogen (secondary N) is 1. The Balaban J connectivity index is 2.09. The second-order valence-corrected chi connectivity index (χ2v) is 4.27. The molecule has 2 aromatic rings. The Bertz CT molecular complexity index is 622. The van der Waals surface area contributed by atoms with Crippen LogP contribution >= 0.6 is 11.6 Å². The van der Waals surface area contributed by atoms with Crippen molar-refractivity contribution in [3.8, 4) is 0 Å². The average molecular weight is 278 g/mol. The molecule has 0 saturated heterocycles. The molecule has 2 rings (SSSR count). The van der Waals surface area contributed by atoms with E-state index in [9.17, 15) is 4.79 Å². The Hall–Kier alpha value is -2.27. The quantitative estimate of drug-likeness (QED) is 0.882. The van der Waals surface area contributed by atoms with E-state index in [1.807, 2.05) is 6.20 Å². The number of aromatic nitrogens is 2. The Morgan fingerprint density at radius 2 is 2.37 bits per heavy atom. The zero-order valence-corrected chi connectivity index (χ0v) is 10.8. The average Bonchev–Trinajstić information content (AvgIpc) is 2.85. The summed E-state index contributed by atoms with van der Waals surface area (Å²) in [5.41, 5.74) is 1.73. The number of nitrogens with zero attached hydrogens (tertiary/aromatic N) is 2. The summed E-state index contributed by atoms with van der Waals surface area (Å²) in [6, 6.07) is 4.79. The van der Waals surface area contributed by atoms with Crippen LogP contribution in [0.1, 0.15) is 15.9 Å². The number of carbonyl (C=O) groups is 1. The highest BCUT2D eigenvalue weighted by Crippen LogP contribution is 2.21. The third-order valence-electron chi connectivity index (χ3n) is 2.54. The zero-order valence-electron chi connectivity index (χ0n) is 10.0. The van der Waals surface area contributed by atoms with Gasteiger partial charge in [0, 0.05) is 30.2 Å². The normalized spacial score (nSPS) is 10.2. The van der Waals surface area contributed by atoms with Crippen LogP contribution in [0.25, 0.3) is 6.20 Å². The van der Waals surface area contributed by atoms with Gasteiger partial charge < -0.3 is 10.4 Å². The fourth-order valence-electron chi connectivity index (χ4n) is 1.57. The summed E-state index contributed by atoms with van der Waals surface area (Å²) in [7, 11) is 0. The van der Waals surface area contributed by atoms with E-state index in [-0.39, 0.29) is 10.6 Å². The molecule has 0 atom stereocenters. The van der Waals surface area contributed by atoms with E-state index in [0.29, 0.717) is 12.2 Å². The number of hydrogen-bond donors (Lipinski definition) is 2. The Morgan fingerprint density at radius 3 is 3.00 bits per heavy atom. The number of carboxylic acids is 1. The molecule has 2 N–H and O–H groups in total. The van der Waals surface area contributed by atoms with Crippen LogP contribution < -0.4 is 5.32 Å². The molecule has 0 spiro atoms. The summed E-state index contributed by atoms with van der Waals surface area (Å²) in [6.45, 7) is 4.14. The molecule has 1 aromatic carbocycles. The Kier molecular flexibility index (Phi) is 3.87. The van der Waals surface area contributed by atoms with Crippen LogP contribution in [0.2, 0.25) is 5.02 Å². The molecule has 0 aliphatic carbocycles. The van der Waals surface area contributed by atoms with Crippen LogP contribution in [0.5, 0.6) is 0 Å². The third kappa shape index (κ3) is 3.14. The van der Waals surface area contributed by atoms with Crippen molar-refractivity contribution >= 4 is 29.5 Å². The predicted octanol–water partition coefficient (Wildman–Crippen LogP) is 2.95. The van der Waals surface area contributed by atoms with E-state index < -0.39 is 5.97 Å². The maximum Gasteiger partial charge on any atom is 0.337 e. The molecule has 0 fully saturated rings. The topological polar surface area (TPSA) is 67.2 Å². The van der Waals surface area contributed by atoms with Crippen LogP contribution in [0.4, 0.5) is 5.69 Å². The fraction of sp³-hybridized carbons (Fsp3) is 0.0769. The summed E-state index contributed by atoms with van der Waals surface area (Å²) in [5, 5.41) is 16.4. The van der Waals surface area contributed by atoms with Crippen molar-refractivity contribution < 1.29 is 9.90 Å². The van der Waals surface area contributed by atoms with Crippen molar-refractivity contribution in [3.63, 3.8) is 0 Å². The van der Waals surface area contributed by atoms with Gasteiger partial charge in [-0.05, 0) is 18.2 Å². The lowest BCUT2D eigenvalue weighted by atomic mass is 10.2. The molecule has 0 saturated carbocycles. The minimum absolute atomic E-state index is 0.0773. The molecule has 0 aliphatic rings. The first-order valence-corrected chi connectivity index (χ1v) is 5.90. The van der Waals surface area contributed by atoms with Crippen LogP contribution in [0.15, 0.2) is 37.2 Å². The highest BCUT2D eigenvalue weighted by Gasteiger charge is 2.09. The van der Waals surface area contributed by atoms with Crippen molar-refractivity contribution in [2.45, 2.75) is 6.54 Å². The lowest BCUT2D eigenvalue weighted by Crippen LogP contribution is -2.02. The number of carboxylic acid groups (broad SMARTS) is 1. The molecule has 0 aliphatic heterocycles. The molecule has 1 heterocycles. The van der Waals surface area contributed by atoms with Crippen LogP contribution in [0, 0.1) is 0 Å². The van der Waals surface area contributed by atoms with Gasteiger partial charge in [0.15, 0.2) is 0 Å².